The van der Waals surface area contributed by atoms with Gasteiger partial charge >= 0.3 is 0 Å². The SMILES string of the molecule is COc1cc(Cl)c(C(N)Cc2cccc(F)c2F)cc1Cl. The highest BCUT2D eigenvalue weighted by atomic mass is 35.5. The van der Waals surface area contributed by atoms with Gasteiger partial charge in [-0.3, -0.25) is 0 Å². The van der Waals surface area contributed by atoms with Crippen LogP contribution < -0.4 is 10.5 Å². The van der Waals surface area contributed by atoms with Crippen molar-refractivity contribution in [3.8, 4) is 5.75 Å². The first-order chi connectivity index (χ1) is 9.93. The van der Waals surface area contributed by atoms with Crippen LogP contribution in [0.15, 0.2) is 30.3 Å². The third-order valence-electron chi connectivity index (χ3n) is 3.14. The number of hydrogen-bond acceptors (Lipinski definition) is 2. The highest BCUT2D eigenvalue weighted by Gasteiger charge is 2.17. The Morgan fingerprint density at radius 2 is 1.90 bits per heavy atom. The molecule has 0 radical (unpaired) electrons. The van der Waals surface area contributed by atoms with Crippen molar-refractivity contribution in [1.82, 2.24) is 0 Å². The van der Waals surface area contributed by atoms with Crippen molar-refractivity contribution in [3.63, 3.8) is 0 Å². The minimum absolute atomic E-state index is 0.103. The molecule has 2 N–H and O–H groups in total. The highest BCUT2D eigenvalue weighted by Crippen LogP contribution is 2.34. The quantitative estimate of drug-likeness (QED) is 0.893. The van der Waals surface area contributed by atoms with E-state index >= 15 is 0 Å². The van der Waals surface area contributed by atoms with Crippen molar-refractivity contribution in [2.45, 2.75) is 12.5 Å². The van der Waals surface area contributed by atoms with Gasteiger partial charge in [0.25, 0.3) is 0 Å². The molecule has 112 valence electrons. The first-order valence-electron chi connectivity index (χ1n) is 6.15. The van der Waals surface area contributed by atoms with Gasteiger partial charge in [0.15, 0.2) is 11.6 Å². The minimum Gasteiger partial charge on any atom is -0.495 e. The fraction of sp³-hybridized carbons (Fsp3) is 0.200. The smallest absolute Gasteiger partial charge is 0.162 e. The summed E-state index contributed by atoms with van der Waals surface area (Å²) >= 11 is 12.2. The van der Waals surface area contributed by atoms with Gasteiger partial charge in [0.05, 0.1) is 12.1 Å². The molecule has 6 heteroatoms. The van der Waals surface area contributed by atoms with Crippen LogP contribution in [0.5, 0.6) is 5.75 Å². The van der Waals surface area contributed by atoms with Crippen LogP contribution in [0, 0.1) is 11.6 Å². The van der Waals surface area contributed by atoms with E-state index in [1.807, 2.05) is 0 Å². The van der Waals surface area contributed by atoms with E-state index in [2.05, 4.69) is 0 Å². The normalized spacial score (nSPS) is 12.3. The molecular formula is C15H13Cl2F2NO. The fourth-order valence-corrected chi connectivity index (χ4v) is 2.58. The van der Waals surface area contributed by atoms with Gasteiger partial charge in [0.2, 0.25) is 0 Å². The Hall–Kier alpha value is -1.36. The van der Waals surface area contributed by atoms with Crippen molar-refractivity contribution >= 4 is 23.2 Å². The maximum Gasteiger partial charge on any atom is 0.162 e. The second-order valence-corrected chi connectivity index (χ2v) is 5.35. The molecular weight excluding hydrogens is 319 g/mol. The average molecular weight is 332 g/mol. The second kappa shape index (κ2) is 6.60. The molecule has 21 heavy (non-hydrogen) atoms. The molecule has 0 aliphatic heterocycles. The molecule has 0 saturated carbocycles. The van der Waals surface area contributed by atoms with Gasteiger partial charge in [-0.05, 0) is 29.7 Å². The van der Waals surface area contributed by atoms with Crippen LogP contribution in [0.2, 0.25) is 10.0 Å². The molecule has 0 aliphatic carbocycles. The van der Waals surface area contributed by atoms with Gasteiger partial charge in [-0.15, -0.1) is 0 Å². The zero-order valence-corrected chi connectivity index (χ0v) is 12.7. The summed E-state index contributed by atoms with van der Waals surface area (Å²) < 4.78 is 31.9. The first kappa shape index (κ1) is 16.0. The molecule has 2 nitrogen and oxygen atoms in total. The number of methoxy groups -OCH3 is 1. The molecule has 2 aromatic rings. The van der Waals surface area contributed by atoms with Crippen LogP contribution in [0.1, 0.15) is 17.2 Å². The van der Waals surface area contributed by atoms with Crippen molar-refractivity contribution in [2.24, 2.45) is 5.73 Å². The van der Waals surface area contributed by atoms with E-state index in [9.17, 15) is 8.78 Å². The van der Waals surface area contributed by atoms with Crippen LogP contribution in [0.3, 0.4) is 0 Å². The molecule has 0 aliphatic rings. The lowest BCUT2D eigenvalue weighted by Crippen LogP contribution is -2.15. The Morgan fingerprint density at radius 3 is 2.57 bits per heavy atom. The first-order valence-corrected chi connectivity index (χ1v) is 6.91. The molecule has 2 aromatic carbocycles. The molecule has 0 amide bonds. The summed E-state index contributed by atoms with van der Waals surface area (Å²) in [5, 5.41) is 0.715. The highest BCUT2D eigenvalue weighted by molar-refractivity contribution is 6.34. The van der Waals surface area contributed by atoms with Crippen molar-refractivity contribution in [3.05, 3.63) is 63.1 Å². The van der Waals surface area contributed by atoms with Gasteiger partial charge in [-0.1, -0.05) is 35.3 Å². The minimum atomic E-state index is -0.904. The third kappa shape index (κ3) is 3.46. The number of benzene rings is 2. The molecule has 1 atom stereocenters. The Balaban J connectivity index is 2.30. The predicted octanol–water partition coefficient (Wildman–Crippen LogP) is 4.52. The van der Waals surface area contributed by atoms with Crippen molar-refractivity contribution in [2.75, 3.05) is 7.11 Å². The van der Waals surface area contributed by atoms with Gasteiger partial charge in [0.1, 0.15) is 5.75 Å². The molecule has 0 spiro atoms. The van der Waals surface area contributed by atoms with E-state index in [0.717, 1.165) is 6.07 Å². The summed E-state index contributed by atoms with van der Waals surface area (Å²) in [7, 11) is 1.47. The largest absolute Gasteiger partial charge is 0.495 e. The van der Waals surface area contributed by atoms with Gasteiger partial charge in [0, 0.05) is 17.1 Å². The second-order valence-electron chi connectivity index (χ2n) is 4.53. The van der Waals surface area contributed by atoms with Gasteiger partial charge < -0.3 is 10.5 Å². The van der Waals surface area contributed by atoms with Crippen LogP contribution in [-0.4, -0.2) is 7.11 Å². The maximum absolute atomic E-state index is 13.7. The van der Waals surface area contributed by atoms with Crippen LogP contribution in [0.4, 0.5) is 8.78 Å². The molecule has 0 saturated heterocycles. The van der Waals surface area contributed by atoms with Crippen molar-refractivity contribution < 1.29 is 13.5 Å². The van der Waals surface area contributed by atoms with Gasteiger partial charge in [-0.25, -0.2) is 8.78 Å². The Bertz CT molecular complexity index is 664. The molecule has 0 aromatic heterocycles. The standard InChI is InChI=1S/C15H13Cl2F2NO/c1-21-14-7-10(16)9(6-11(14)17)13(20)5-8-3-2-4-12(18)15(8)19/h2-4,6-7,13H,5,20H2,1H3. The summed E-state index contributed by atoms with van der Waals surface area (Å²) in [5.41, 5.74) is 6.77. The summed E-state index contributed by atoms with van der Waals surface area (Å²) in [6.07, 6.45) is 0.103. The third-order valence-corrected chi connectivity index (χ3v) is 3.76. The van der Waals surface area contributed by atoms with Crippen LogP contribution in [0.25, 0.3) is 0 Å². The zero-order valence-electron chi connectivity index (χ0n) is 11.2. The molecule has 0 fully saturated rings. The zero-order chi connectivity index (χ0) is 15.6. The summed E-state index contributed by atoms with van der Waals surface area (Å²) in [5.74, 6) is -1.38. The fourth-order valence-electron chi connectivity index (χ4n) is 2.04. The summed E-state index contributed by atoms with van der Waals surface area (Å²) in [6.45, 7) is 0. The molecule has 1 unspecified atom stereocenters. The molecule has 0 heterocycles. The van der Waals surface area contributed by atoms with E-state index in [1.165, 1.54) is 19.2 Å². The average Bonchev–Trinajstić information content (AvgIpc) is 2.45. The summed E-state index contributed by atoms with van der Waals surface area (Å²) in [4.78, 5) is 0. The maximum atomic E-state index is 13.7. The predicted molar refractivity (Wildman–Crippen MR) is 80.0 cm³/mol. The van der Waals surface area contributed by atoms with E-state index in [0.29, 0.717) is 21.4 Å². The Kier molecular flexibility index (Phi) is 5.04. The lowest BCUT2D eigenvalue weighted by Gasteiger charge is -2.16. The number of hydrogen-bond donors (Lipinski definition) is 1. The lowest BCUT2D eigenvalue weighted by molar-refractivity contribution is 0.414. The summed E-state index contributed by atoms with van der Waals surface area (Å²) in [6, 6.07) is 6.48. The number of nitrogens with two attached hydrogens (primary N) is 1. The van der Waals surface area contributed by atoms with E-state index in [4.69, 9.17) is 33.7 Å². The van der Waals surface area contributed by atoms with E-state index in [-0.39, 0.29) is 12.0 Å². The van der Waals surface area contributed by atoms with Gasteiger partial charge in [-0.2, -0.15) is 0 Å². The van der Waals surface area contributed by atoms with Crippen molar-refractivity contribution in [1.29, 1.82) is 0 Å². The van der Waals surface area contributed by atoms with Crippen LogP contribution in [-0.2, 0) is 6.42 Å². The number of rotatable bonds is 4. The molecule has 2 rings (SSSR count). The topological polar surface area (TPSA) is 35.2 Å². The monoisotopic (exact) mass is 331 g/mol. The van der Waals surface area contributed by atoms with Crippen LogP contribution >= 0.6 is 23.2 Å². The van der Waals surface area contributed by atoms with E-state index < -0.39 is 17.7 Å². The Labute approximate surface area is 131 Å². The van der Waals surface area contributed by atoms with E-state index in [1.54, 1.807) is 12.1 Å². The number of ether oxygens (including phenoxy) is 1. The molecule has 0 bridgehead atoms. The number of halogens is 4. The Morgan fingerprint density at radius 1 is 1.19 bits per heavy atom. The lowest BCUT2D eigenvalue weighted by atomic mass is 9.99.